The van der Waals surface area contributed by atoms with E-state index in [0.29, 0.717) is 18.8 Å². The summed E-state index contributed by atoms with van der Waals surface area (Å²) in [7, 11) is 0. The van der Waals surface area contributed by atoms with Gasteiger partial charge in [-0.25, -0.2) is 0 Å². The van der Waals surface area contributed by atoms with Crippen molar-refractivity contribution in [1.29, 1.82) is 0 Å². The molecule has 5 saturated heterocycles. The Morgan fingerprint density at radius 2 is 0.830 bits per heavy atom. The number of hydrogen-bond donors (Lipinski definition) is 17. The van der Waals surface area contributed by atoms with Crippen molar-refractivity contribution >= 4 is 29.5 Å². The van der Waals surface area contributed by atoms with Crippen LogP contribution in [0, 0.1) is 0 Å². The molecule has 32 nitrogen and oxygen atoms in total. The number of benzene rings is 1. The number of carbonyl (C=O) groups excluding carboxylic acids is 5. The SMILES string of the molecule is CCCCCC/C=C\CCCOc1cccc(C(=O)N[C@@H]2C(O[C@H]3C(O)C(NC(C)=O)[C@H](OC4C(CO)O[C@@H](O[C@H]5C(O)C(NC(C)=O)[C@H](OC6C(CO)OC(O)[C@@H](NC(C)=O)[C@H]6O)O[C@H]5CO)[C@@H](NC(C)=O)[C@H]4O)O[C@H]3CO)OC(CO)[C@@H](O)[C@@H]2O)c1. The Balaban J connectivity index is 1.18. The summed E-state index contributed by atoms with van der Waals surface area (Å²) >= 11 is 0. The van der Waals surface area contributed by atoms with Gasteiger partial charge in [0.25, 0.3) is 5.91 Å². The lowest BCUT2D eigenvalue weighted by Gasteiger charge is -2.51. The number of aliphatic hydroxyl groups is 12. The molecule has 0 radical (unpaired) electrons. The molecule has 32 heteroatoms. The molecule has 5 fully saturated rings. The molecule has 0 aromatic heterocycles. The maximum absolute atomic E-state index is 13.9. The standard InChI is InChI=1S/C56H89N5O27/c1-6-7-8-9-10-11-12-13-14-18-79-30-17-15-16-29(19-30)51(77)61-37-42(72)41(71)31(20-62)81-53(37)86-48-33(22-64)83-55(39(44(48)74)59-27(4)69)88-50-35(24-66)84-56(40(46(50)76)60-28(5)70)87-49-34(23-65)82-54(38(45(49)75)58-26(3)68)85-47-32(21-63)80-52(78)36(43(47)73)57-25(2)67/h11-12,15-17,19,31-50,52-56,62-66,71-76,78H,6-10,13-14,18,20-24H2,1-5H3,(H,57,67)(H,58,68)(H,59,69)(H,60,70)(H,61,77)/b12-11-/t31?,32?,33-,34-,35?,36-,37-,38?,39?,40-,41+,42+,43+,44?,45?,46+,47?,48+,49+,50?,52?,53?,54-,55-,56-/m0/s1. The van der Waals surface area contributed by atoms with Crippen molar-refractivity contribution in [2.75, 3.05) is 39.6 Å². The van der Waals surface area contributed by atoms with Crippen molar-refractivity contribution in [1.82, 2.24) is 26.6 Å². The number of hydrogen-bond acceptors (Lipinski definition) is 27. The van der Waals surface area contributed by atoms with Gasteiger partial charge >= 0.3 is 0 Å². The van der Waals surface area contributed by atoms with Gasteiger partial charge in [-0.3, -0.25) is 24.0 Å². The highest BCUT2D eigenvalue weighted by atomic mass is 16.8. The van der Waals surface area contributed by atoms with Crippen LogP contribution in [0.15, 0.2) is 36.4 Å². The van der Waals surface area contributed by atoms with E-state index < -0.39 is 216 Å². The molecule has 1 aromatic carbocycles. The van der Waals surface area contributed by atoms with E-state index in [2.05, 4.69) is 45.7 Å². The van der Waals surface area contributed by atoms with Crippen molar-refractivity contribution in [3.63, 3.8) is 0 Å². The van der Waals surface area contributed by atoms with Gasteiger partial charge in [-0.2, -0.15) is 0 Å². The van der Waals surface area contributed by atoms with E-state index in [4.69, 9.17) is 47.4 Å². The Hall–Kier alpha value is -4.73. The summed E-state index contributed by atoms with van der Waals surface area (Å²) in [5.74, 6) is -3.54. The Bertz CT molecular complexity index is 2400. The van der Waals surface area contributed by atoms with Gasteiger partial charge in [0, 0.05) is 33.3 Å². The average Bonchev–Trinajstić information content (AvgIpc) is 1.44. The number of amides is 5. The number of allylic oxidation sites excluding steroid dienone is 2. The first kappa shape index (κ1) is 72.3. The van der Waals surface area contributed by atoms with Gasteiger partial charge in [0.05, 0.1) is 39.6 Å². The Morgan fingerprint density at radius 3 is 1.24 bits per heavy atom. The van der Waals surface area contributed by atoms with E-state index in [1.807, 2.05) is 0 Å². The average molecular weight is 1260 g/mol. The van der Waals surface area contributed by atoms with Gasteiger partial charge in [-0.1, -0.05) is 44.4 Å². The molecule has 5 amide bonds. The molecular formula is C56H89N5O27. The monoisotopic (exact) mass is 1260 g/mol. The number of carbonyl (C=O) groups is 5. The smallest absolute Gasteiger partial charge is 0.251 e. The van der Waals surface area contributed by atoms with E-state index in [0.717, 1.165) is 53.4 Å². The van der Waals surface area contributed by atoms with Crippen LogP contribution in [0.4, 0.5) is 0 Å². The first-order valence-electron chi connectivity index (χ1n) is 29.5. The zero-order valence-corrected chi connectivity index (χ0v) is 49.6. The third-order valence-corrected chi connectivity index (χ3v) is 15.5. The molecule has 0 bridgehead atoms. The third-order valence-electron chi connectivity index (χ3n) is 15.5. The van der Waals surface area contributed by atoms with Crippen LogP contribution in [0.1, 0.15) is 89.9 Å². The van der Waals surface area contributed by atoms with Crippen LogP contribution in [0.3, 0.4) is 0 Å². The topological polar surface area (TPSA) is 481 Å². The molecular weight excluding hydrogens is 1170 g/mol. The number of nitrogens with one attached hydrogen (secondary N) is 5. The number of aliphatic hydroxyl groups excluding tert-OH is 12. The summed E-state index contributed by atoms with van der Waals surface area (Å²) in [6, 6.07) is -2.18. The summed E-state index contributed by atoms with van der Waals surface area (Å²) in [4.78, 5) is 64.1. The van der Waals surface area contributed by atoms with Gasteiger partial charge in [-0.15, -0.1) is 0 Å². The van der Waals surface area contributed by atoms with Gasteiger partial charge in [0.15, 0.2) is 31.5 Å². The summed E-state index contributed by atoms with van der Waals surface area (Å²) in [6.07, 6.45) is -24.4. The molecule has 88 heavy (non-hydrogen) atoms. The molecule has 6 rings (SSSR count). The third kappa shape index (κ3) is 18.7. The van der Waals surface area contributed by atoms with Gasteiger partial charge in [-0.05, 0) is 43.9 Å². The van der Waals surface area contributed by atoms with E-state index in [-0.39, 0.29) is 5.56 Å². The first-order chi connectivity index (χ1) is 42.0. The van der Waals surface area contributed by atoms with Gasteiger partial charge in [0.2, 0.25) is 23.6 Å². The second-order valence-electron chi connectivity index (χ2n) is 22.2. The highest BCUT2D eigenvalue weighted by Crippen LogP contribution is 2.36. The summed E-state index contributed by atoms with van der Waals surface area (Å²) in [5.41, 5.74) is 0.0576. The number of ether oxygens (including phenoxy) is 10. The minimum Gasteiger partial charge on any atom is -0.494 e. The largest absolute Gasteiger partial charge is 0.494 e. The fourth-order valence-electron chi connectivity index (χ4n) is 11.1. The molecule has 25 atom stereocenters. The highest BCUT2D eigenvalue weighted by molar-refractivity contribution is 5.94. The number of rotatable bonds is 29. The van der Waals surface area contributed by atoms with Crippen molar-refractivity contribution in [3.8, 4) is 5.75 Å². The molecule has 500 valence electrons. The Kier molecular flexibility index (Phi) is 28.5. The molecule has 0 aliphatic carbocycles. The zero-order valence-electron chi connectivity index (χ0n) is 49.6. The van der Waals surface area contributed by atoms with Crippen LogP contribution in [0.25, 0.3) is 0 Å². The van der Waals surface area contributed by atoms with Crippen LogP contribution < -0.4 is 31.3 Å². The van der Waals surface area contributed by atoms with Gasteiger partial charge in [0.1, 0.15) is 128 Å². The quantitative estimate of drug-likeness (QED) is 0.0262. The lowest BCUT2D eigenvalue weighted by atomic mass is 9.93. The predicted molar refractivity (Wildman–Crippen MR) is 297 cm³/mol. The minimum absolute atomic E-state index is 0.0576. The van der Waals surface area contributed by atoms with Crippen molar-refractivity contribution in [2.45, 2.75) is 233 Å². The second-order valence-corrected chi connectivity index (χ2v) is 22.2. The molecule has 5 aliphatic heterocycles. The molecule has 17 N–H and O–H groups in total. The lowest BCUT2D eigenvalue weighted by molar-refractivity contribution is -0.367. The second kappa shape index (κ2) is 34.6. The summed E-state index contributed by atoms with van der Waals surface area (Å²) in [5, 5.41) is 145. The molecule has 1 aromatic rings. The molecule has 5 heterocycles. The lowest BCUT2D eigenvalue weighted by Crippen LogP contribution is -2.72. The maximum atomic E-state index is 13.9. The fraction of sp³-hybridized carbons (Fsp3) is 0.768. The highest BCUT2D eigenvalue weighted by Gasteiger charge is 2.58. The Morgan fingerprint density at radius 1 is 0.455 bits per heavy atom. The number of unbranched alkanes of at least 4 members (excludes halogenated alkanes) is 5. The van der Waals surface area contributed by atoms with E-state index in [9.17, 15) is 85.3 Å². The van der Waals surface area contributed by atoms with Crippen LogP contribution in [0.5, 0.6) is 5.75 Å². The van der Waals surface area contributed by atoms with Crippen LogP contribution in [0.2, 0.25) is 0 Å². The Labute approximate surface area is 507 Å². The zero-order chi connectivity index (χ0) is 64.5. The predicted octanol–water partition coefficient (Wildman–Crippen LogP) is -6.23. The van der Waals surface area contributed by atoms with E-state index >= 15 is 0 Å². The summed E-state index contributed by atoms with van der Waals surface area (Å²) < 4.78 is 59.8. The van der Waals surface area contributed by atoms with Crippen molar-refractivity contribution < 1.29 is 133 Å². The minimum atomic E-state index is -2.03. The van der Waals surface area contributed by atoms with E-state index in [1.165, 1.54) is 25.0 Å². The molecule has 0 spiro atoms. The summed E-state index contributed by atoms with van der Waals surface area (Å²) in [6.45, 7) is 2.01. The van der Waals surface area contributed by atoms with Crippen molar-refractivity contribution in [2.24, 2.45) is 0 Å². The normalized spacial score (nSPS) is 37.8. The van der Waals surface area contributed by atoms with Crippen LogP contribution >= 0.6 is 0 Å². The maximum Gasteiger partial charge on any atom is 0.251 e. The van der Waals surface area contributed by atoms with Crippen LogP contribution in [-0.2, 0) is 61.8 Å². The van der Waals surface area contributed by atoms with E-state index in [1.54, 1.807) is 12.1 Å². The van der Waals surface area contributed by atoms with Crippen molar-refractivity contribution in [3.05, 3.63) is 42.0 Å². The molecule has 11 unspecified atom stereocenters. The molecule has 0 saturated carbocycles. The fourth-order valence-corrected chi connectivity index (χ4v) is 11.1. The molecule has 5 aliphatic rings. The van der Waals surface area contributed by atoms with Crippen LogP contribution in [-0.4, -0.2) is 284 Å². The van der Waals surface area contributed by atoms with Gasteiger partial charge < -0.3 is 135 Å². The first-order valence-corrected chi connectivity index (χ1v) is 29.5.